The summed E-state index contributed by atoms with van der Waals surface area (Å²) in [5.41, 5.74) is 0.151. The van der Waals surface area contributed by atoms with Gasteiger partial charge in [-0.05, 0) is 65.3 Å². The average molecular weight is 421 g/mol. The van der Waals surface area contributed by atoms with Crippen molar-refractivity contribution in [3.8, 4) is 0 Å². The van der Waals surface area contributed by atoms with Crippen molar-refractivity contribution in [1.82, 2.24) is 10.6 Å². The zero-order valence-electron chi connectivity index (χ0n) is 18.3. The van der Waals surface area contributed by atoms with Gasteiger partial charge in [0, 0.05) is 5.69 Å². The lowest BCUT2D eigenvalue weighted by Gasteiger charge is -2.23. The first-order chi connectivity index (χ1) is 14.0. The minimum absolute atomic E-state index is 0.274. The van der Waals surface area contributed by atoms with Gasteiger partial charge in [0.2, 0.25) is 11.8 Å². The number of nitrogens with one attached hydrogen (secondary N) is 3. The highest BCUT2D eigenvalue weighted by Gasteiger charge is 2.25. The van der Waals surface area contributed by atoms with Crippen LogP contribution < -0.4 is 16.0 Å². The Hall–Kier alpha value is -3.10. The van der Waals surface area contributed by atoms with Crippen molar-refractivity contribution >= 4 is 29.6 Å². The van der Waals surface area contributed by atoms with Crippen LogP contribution in [0.25, 0.3) is 0 Å². The first kappa shape index (κ1) is 24.9. The summed E-state index contributed by atoms with van der Waals surface area (Å²) in [6.07, 6.45) is -0.377. The van der Waals surface area contributed by atoms with Crippen molar-refractivity contribution in [2.75, 3.05) is 11.9 Å². The fourth-order valence-electron chi connectivity index (χ4n) is 2.34. The largest absolute Gasteiger partial charge is 0.462 e. The fourth-order valence-corrected chi connectivity index (χ4v) is 2.34. The van der Waals surface area contributed by atoms with Crippen LogP contribution in [0.1, 0.15) is 58.3 Å². The molecular weight excluding hydrogens is 390 g/mol. The van der Waals surface area contributed by atoms with E-state index >= 15 is 0 Å². The smallest absolute Gasteiger partial charge is 0.408 e. The summed E-state index contributed by atoms with van der Waals surface area (Å²) in [5, 5.41) is 7.72. The van der Waals surface area contributed by atoms with E-state index in [9.17, 15) is 19.2 Å². The lowest BCUT2D eigenvalue weighted by atomic mass is 10.1. The standard InChI is InChI=1S/C21H31N3O6/c1-7-16(24-20(28)30-21(4,5)6)18(26)22-13(3)17(25)23-15-11-9-14(10-12-15)19(27)29-8-2/h9-13,16H,7-8H2,1-6H3,(H,22,26)(H,23,25)(H,24,28)/t13-,16+/m0/s1. The van der Waals surface area contributed by atoms with Crippen LogP contribution in [-0.4, -0.2) is 48.2 Å². The van der Waals surface area contributed by atoms with E-state index in [2.05, 4.69) is 16.0 Å². The van der Waals surface area contributed by atoms with Gasteiger partial charge in [0.05, 0.1) is 12.2 Å². The van der Waals surface area contributed by atoms with E-state index in [1.165, 1.54) is 19.1 Å². The van der Waals surface area contributed by atoms with Gasteiger partial charge in [-0.3, -0.25) is 9.59 Å². The predicted molar refractivity (Wildman–Crippen MR) is 112 cm³/mol. The molecule has 0 aliphatic heterocycles. The SMILES string of the molecule is CCOC(=O)c1ccc(NC(=O)[C@H](C)NC(=O)[C@@H](CC)NC(=O)OC(C)(C)C)cc1. The van der Waals surface area contributed by atoms with Crippen LogP contribution in [0.4, 0.5) is 10.5 Å². The minimum atomic E-state index is -0.850. The summed E-state index contributed by atoms with van der Waals surface area (Å²) in [4.78, 5) is 48.3. The monoisotopic (exact) mass is 421 g/mol. The lowest BCUT2D eigenvalue weighted by molar-refractivity contribution is -0.127. The normalized spacial score (nSPS) is 12.9. The molecule has 0 spiro atoms. The van der Waals surface area contributed by atoms with Gasteiger partial charge < -0.3 is 25.4 Å². The second-order valence-electron chi connectivity index (χ2n) is 7.62. The topological polar surface area (TPSA) is 123 Å². The molecule has 9 nitrogen and oxygen atoms in total. The molecule has 0 heterocycles. The Morgan fingerprint density at radius 3 is 2.07 bits per heavy atom. The van der Waals surface area contributed by atoms with E-state index in [1.807, 2.05) is 0 Å². The zero-order valence-corrected chi connectivity index (χ0v) is 18.3. The van der Waals surface area contributed by atoms with Gasteiger partial charge >= 0.3 is 12.1 Å². The summed E-state index contributed by atoms with van der Waals surface area (Å²) < 4.78 is 10.1. The Morgan fingerprint density at radius 2 is 1.57 bits per heavy atom. The number of ether oxygens (including phenoxy) is 2. The van der Waals surface area contributed by atoms with Crippen LogP contribution in [0.5, 0.6) is 0 Å². The molecule has 0 aromatic heterocycles. The van der Waals surface area contributed by atoms with Crippen LogP contribution in [-0.2, 0) is 19.1 Å². The number of esters is 1. The molecular formula is C21H31N3O6. The highest BCUT2D eigenvalue weighted by atomic mass is 16.6. The maximum absolute atomic E-state index is 12.4. The molecule has 0 bridgehead atoms. The van der Waals surface area contributed by atoms with Gasteiger partial charge in [0.1, 0.15) is 17.7 Å². The number of hydrogen-bond donors (Lipinski definition) is 3. The van der Waals surface area contributed by atoms with Crippen molar-refractivity contribution in [2.45, 2.75) is 65.6 Å². The molecule has 3 amide bonds. The van der Waals surface area contributed by atoms with Crippen molar-refractivity contribution in [3.63, 3.8) is 0 Å². The number of anilines is 1. The number of amides is 3. The highest BCUT2D eigenvalue weighted by molar-refractivity contribution is 5.98. The maximum atomic E-state index is 12.4. The van der Waals surface area contributed by atoms with E-state index in [0.717, 1.165) is 0 Å². The number of alkyl carbamates (subject to hydrolysis) is 1. The van der Waals surface area contributed by atoms with Gasteiger partial charge in [-0.25, -0.2) is 9.59 Å². The molecule has 1 aromatic carbocycles. The highest BCUT2D eigenvalue weighted by Crippen LogP contribution is 2.11. The third-order valence-electron chi connectivity index (χ3n) is 3.83. The number of carbonyl (C=O) groups is 4. The molecule has 9 heteroatoms. The number of hydrogen-bond acceptors (Lipinski definition) is 6. The summed E-state index contributed by atoms with van der Waals surface area (Å²) in [6, 6.07) is 4.52. The van der Waals surface area contributed by atoms with E-state index < -0.39 is 41.6 Å². The van der Waals surface area contributed by atoms with Crippen LogP contribution in [0, 0.1) is 0 Å². The Balaban J connectivity index is 2.62. The Kier molecular flexibility index (Phi) is 9.29. The van der Waals surface area contributed by atoms with Crippen LogP contribution in [0.3, 0.4) is 0 Å². The second-order valence-corrected chi connectivity index (χ2v) is 7.62. The van der Waals surface area contributed by atoms with Crippen molar-refractivity contribution in [3.05, 3.63) is 29.8 Å². The molecule has 0 saturated heterocycles. The molecule has 30 heavy (non-hydrogen) atoms. The van der Waals surface area contributed by atoms with Crippen molar-refractivity contribution in [1.29, 1.82) is 0 Å². The van der Waals surface area contributed by atoms with Gasteiger partial charge in [0.25, 0.3) is 0 Å². The zero-order chi connectivity index (χ0) is 22.9. The van der Waals surface area contributed by atoms with Gasteiger partial charge in [-0.2, -0.15) is 0 Å². The van der Waals surface area contributed by atoms with E-state index in [-0.39, 0.29) is 6.61 Å². The molecule has 0 saturated carbocycles. The van der Waals surface area contributed by atoms with Crippen LogP contribution >= 0.6 is 0 Å². The van der Waals surface area contributed by atoms with E-state index in [1.54, 1.807) is 46.8 Å². The Labute approximate surface area is 176 Å². The molecule has 0 aliphatic carbocycles. The molecule has 1 aromatic rings. The van der Waals surface area contributed by atoms with Gasteiger partial charge in [0.15, 0.2) is 0 Å². The number of benzene rings is 1. The van der Waals surface area contributed by atoms with Crippen molar-refractivity contribution in [2.24, 2.45) is 0 Å². The molecule has 0 fully saturated rings. The van der Waals surface area contributed by atoms with Gasteiger partial charge in [-0.15, -0.1) is 0 Å². The molecule has 0 radical (unpaired) electrons. The summed E-state index contributed by atoms with van der Waals surface area (Å²) in [6.45, 7) is 10.4. The van der Waals surface area contributed by atoms with E-state index in [0.29, 0.717) is 17.7 Å². The third kappa shape index (κ3) is 8.50. The fraction of sp³-hybridized carbons (Fsp3) is 0.524. The van der Waals surface area contributed by atoms with Crippen molar-refractivity contribution < 1.29 is 28.7 Å². The van der Waals surface area contributed by atoms with Gasteiger partial charge in [-0.1, -0.05) is 6.92 Å². The summed E-state index contributed by atoms with van der Waals surface area (Å²) >= 11 is 0. The molecule has 2 atom stereocenters. The third-order valence-corrected chi connectivity index (χ3v) is 3.83. The predicted octanol–water partition coefficient (Wildman–Crippen LogP) is 2.61. The van der Waals surface area contributed by atoms with Crippen LogP contribution in [0.2, 0.25) is 0 Å². The molecule has 0 unspecified atom stereocenters. The Morgan fingerprint density at radius 1 is 0.967 bits per heavy atom. The minimum Gasteiger partial charge on any atom is -0.462 e. The summed E-state index contributed by atoms with van der Waals surface area (Å²) in [5.74, 6) is -1.39. The Bertz CT molecular complexity index is 755. The average Bonchev–Trinajstić information content (AvgIpc) is 2.65. The lowest BCUT2D eigenvalue weighted by Crippen LogP contribution is -2.52. The second kappa shape index (κ2) is 11.2. The van der Waals surface area contributed by atoms with Crippen LogP contribution in [0.15, 0.2) is 24.3 Å². The summed E-state index contributed by atoms with van der Waals surface area (Å²) in [7, 11) is 0. The molecule has 1 rings (SSSR count). The quantitative estimate of drug-likeness (QED) is 0.555. The molecule has 0 aliphatic rings. The van der Waals surface area contributed by atoms with E-state index in [4.69, 9.17) is 9.47 Å². The number of rotatable bonds is 8. The first-order valence-electron chi connectivity index (χ1n) is 9.84. The maximum Gasteiger partial charge on any atom is 0.408 e. The molecule has 3 N–H and O–H groups in total. The first-order valence-corrected chi connectivity index (χ1v) is 9.84. The molecule has 166 valence electrons. The number of carbonyl (C=O) groups excluding carboxylic acids is 4.